The predicted molar refractivity (Wildman–Crippen MR) is 78.1 cm³/mol. The van der Waals surface area contributed by atoms with Crippen molar-refractivity contribution in [2.75, 3.05) is 13.2 Å². The first kappa shape index (κ1) is 14.9. The van der Waals surface area contributed by atoms with Crippen molar-refractivity contribution < 1.29 is 9.47 Å². The van der Waals surface area contributed by atoms with Crippen LogP contribution in [-0.4, -0.2) is 19.3 Å². The van der Waals surface area contributed by atoms with Gasteiger partial charge in [-0.05, 0) is 37.8 Å². The molecule has 0 spiro atoms. The lowest BCUT2D eigenvalue weighted by Gasteiger charge is -2.14. The second kappa shape index (κ2) is 7.34. The zero-order chi connectivity index (χ0) is 13.7. The SMILES string of the molecule is NCc1cc(Cl)cc(Cl)c1OCCCC1CCCO1. The Hall–Kier alpha value is -0.480. The quantitative estimate of drug-likeness (QED) is 0.813. The summed E-state index contributed by atoms with van der Waals surface area (Å²) in [6, 6.07) is 3.47. The van der Waals surface area contributed by atoms with Gasteiger partial charge in [0.2, 0.25) is 0 Å². The molecule has 1 heterocycles. The van der Waals surface area contributed by atoms with Crippen LogP contribution in [0, 0.1) is 0 Å². The lowest BCUT2D eigenvalue weighted by Crippen LogP contribution is -2.09. The summed E-state index contributed by atoms with van der Waals surface area (Å²) < 4.78 is 11.3. The van der Waals surface area contributed by atoms with Gasteiger partial charge < -0.3 is 15.2 Å². The van der Waals surface area contributed by atoms with Crippen molar-refractivity contribution in [3.05, 3.63) is 27.7 Å². The summed E-state index contributed by atoms with van der Waals surface area (Å²) in [4.78, 5) is 0. The van der Waals surface area contributed by atoms with Crippen molar-refractivity contribution in [2.45, 2.75) is 38.3 Å². The molecule has 1 unspecified atom stereocenters. The predicted octanol–water partition coefficient (Wildman–Crippen LogP) is 3.79. The number of nitrogens with two attached hydrogens (primary N) is 1. The minimum atomic E-state index is 0.362. The summed E-state index contributed by atoms with van der Waals surface area (Å²) >= 11 is 12.1. The Bertz CT molecular complexity index is 420. The van der Waals surface area contributed by atoms with Crippen molar-refractivity contribution in [1.82, 2.24) is 0 Å². The standard InChI is InChI=1S/C14H19Cl2NO2/c15-11-7-10(9-17)14(13(16)8-11)19-6-2-4-12-3-1-5-18-12/h7-8,12H,1-6,9,17H2. The van der Waals surface area contributed by atoms with Crippen molar-refractivity contribution >= 4 is 23.2 Å². The number of hydrogen-bond acceptors (Lipinski definition) is 3. The molecular weight excluding hydrogens is 285 g/mol. The Morgan fingerprint density at radius 2 is 2.21 bits per heavy atom. The molecule has 1 aliphatic heterocycles. The van der Waals surface area contributed by atoms with E-state index in [0.29, 0.717) is 35.1 Å². The summed E-state index contributed by atoms with van der Waals surface area (Å²) in [5, 5.41) is 1.10. The van der Waals surface area contributed by atoms with E-state index in [0.717, 1.165) is 31.4 Å². The highest BCUT2D eigenvalue weighted by Gasteiger charge is 2.15. The molecule has 0 aromatic heterocycles. The maximum absolute atomic E-state index is 6.13. The van der Waals surface area contributed by atoms with Crippen LogP contribution in [0.3, 0.4) is 0 Å². The third kappa shape index (κ3) is 4.25. The molecule has 0 bridgehead atoms. The molecule has 0 saturated carbocycles. The fourth-order valence-corrected chi connectivity index (χ4v) is 2.87. The van der Waals surface area contributed by atoms with Gasteiger partial charge in [-0.1, -0.05) is 23.2 Å². The molecule has 0 radical (unpaired) electrons. The highest BCUT2D eigenvalue weighted by atomic mass is 35.5. The zero-order valence-electron chi connectivity index (χ0n) is 10.8. The lowest BCUT2D eigenvalue weighted by atomic mass is 10.1. The van der Waals surface area contributed by atoms with Gasteiger partial charge in [-0.3, -0.25) is 0 Å². The van der Waals surface area contributed by atoms with Crippen molar-refractivity contribution in [3.63, 3.8) is 0 Å². The van der Waals surface area contributed by atoms with Crippen LogP contribution in [0.25, 0.3) is 0 Å². The molecule has 1 fully saturated rings. The van der Waals surface area contributed by atoms with Crippen LogP contribution >= 0.6 is 23.2 Å². The molecule has 1 aromatic carbocycles. The number of ether oxygens (including phenoxy) is 2. The molecule has 1 aromatic rings. The Morgan fingerprint density at radius 1 is 1.37 bits per heavy atom. The number of halogens is 2. The zero-order valence-corrected chi connectivity index (χ0v) is 12.3. The summed E-state index contributed by atoms with van der Waals surface area (Å²) in [6.07, 6.45) is 4.72. The van der Waals surface area contributed by atoms with Gasteiger partial charge in [-0.25, -0.2) is 0 Å². The average Bonchev–Trinajstić information content (AvgIpc) is 2.89. The van der Waals surface area contributed by atoms with Crippen molar-refractivity contribution in [1.29, 1.82) is 0 Å². The molecule has 1 aliphatic rings. The molecule has 1 saturated heterocycles. The largest absolute Gasteiger partial charge is 0.492 e. The fraction of sp³-hybridized carbons (Fsp3) is 0.571. The molecule has 0 amide bonds. The van der Waals surface area contributed by atoms with Crippen LogP contribution in [0.2, 0.25) is 10.0 Å². The molecule has 0 aliphatic carbocycles. The van der Waals surface area contributed by atoms with Gasteiger partial charge in [-0.15, -0.1) is 0 Å². The van der Waals surface area contributed by atoms with Crippen LogP contribution in [0.15, 0.2) is 12.1 Å². The van der Waals surface area contributed by atoms with E-state index in [9.17, 15) is 0 Å². The Kier molecular flexibility index (Phi) is 5.76. The van der Waals surface area contributed by atoms with E-state index in [1.807, 2.05) is 0 Å². The third-order valence-electron chi connectivity index (χ3n) is 3.25. The van der Waals surface area contributed by atoms with Gasteiger partial charge in [0, 0.05) is 23.7 Å². The van der Waals surface area contributed by atoms with E-state index in [2.05, 4.69) is 0 Å². The van der Waals surface area contributed by atoms with Crippen LogP contribution in [0.5, 0.6) is 5.75 Å². The van der Waals surface area contributed by atoms with Crippen molar-refractivity contribution in [2.24, 2.45) is 5.73 Å². The van der Waals surface area contributed by atoms with Gasteiger partial charge in [0.05, 0.1) is 17.7 Å². The maximum atomic E-state index is 6.13. The van der Waals surface area contributed by atoms with Gasteiger partial charge in [0.15, 0.2) is 0 Å². The smallest absolute Gasteiger partial charge is 0.142 e. The van der Waals surface area contributed by atoms with Gasteiger partial charge in [0.25, 0.3) is 0 Å². The monoisotopic (exact) mass is 303 g/mol. The molecule has 2 rings (SSSR count). The molecule has 2 N–H and O–H groups in total. The van der Waals surface area contributed by atoms with Crippen LogP contribution in [0.4, 0.5) is 0 Å². The van der Waals surface area contributed by atoms with Crippen LogP contribution in [-0.2, 0) is 11.3 Å². The van der Waals surface area contributed by atoms with Crippen LogP contribution < -0.4 is 10.5 Å². The number of rotatable bonds is 6. The van der Waals surface area contributed by atoms with Gasteiger partial charge in [-0.2, -0.15) is 0 Å². The lowest BCUT2D eigenvalue weighted by molar-refractivity contribution is 0.0981. The van der Waals surface area contributed by atoms with Crippen LogP contribution in [0.1, 0.15) is 31.2 Å². The number of hydrogen-bond donors (Lipinski definition) is 1. The Balaban J connectivity index is 1.84. The average molecular weight is 304 g/mol. The molecular formula is C14H19Cl2NO2. The fourth-order valence-electron chi connectivity index (χ4n) is 2.28. The normalized spacial score (nSPS) is 18.8. The minimum Gasteiger partial charge on any atom is -0.492 e. The molecule has 3 nitrogen and oxygen atoms in total. The van der Waals surface area contributed by atoms with E-state index in [4.69, 9.17) is 38.4 Å². The first-order chi connectivity index (χ1) is 9.20. The Labute approximate surface area is 124 Å². The molecule has 5 heteroatoms. The second-order valence-electron chi connectivity index (χ2n) is 4.71. The van der Waals surface area contributed by atoms with Gasteiger partial charge >= 0.3 is 0 Å². The topological polar surface area (TPSA) is 44.5 Å². The minimum absolute atomic E-state index is 0.362. The van der Waals surface area contributed by atoms with Gasteiger partial charge in [0.1, 0.15) is 5.75 Å². The van der Waals surface area contributed by atoms with E-state index in [-0.39, 0.29) is 0 Å². The third-order valence-corrected chi connectivity index (χ3v) is 3.75. The Morgan fingerprint density at radius 3 is 2.89 bits per heavy atom. The van der Waals surface area contributed by atoms with Crippen molar-refractivity contribution in [3.8, 4) is 5.75 Å². The highest BCUT2D eigenvalue weighted by molar-refractivity contribution is 6.35. The van der Waals surface area contributed by atoms with E-state index in [1.165, 1.54) is 6.42 Å². The number of benzene rings is 1. The van der Waals surface area contributed by atoms with E-state index < -0.39 is 0 Å². The molecule has 1 atom stereocenters. The summed E-state index contributed by atoms with van der Waals surface area (Å²) in [7, 11) is 0. The second-order valence-corrected chi connectivity index (χ2v) is 5.55. The first-order valence-electron chi connectivity index (χ1n) is 6.63. The highest BCUT2D eigenvalue weighted by Crippen LogP contribution is 2.32. The summed E-state index contributed by atoms with van der Waals surface area (Å²) in [5.74, 6) is 0.654. The van der Waals surface area contributed by atoms with E-state index >= 15 is 0 Å². The molecule has 19 heavy (non-hydrogen) atoms. The first-order valence-corrected chi connectivity index (χ1v) is 7.38. The summed E-state index contributed by atoms with van der Waals surface area (Å²) in [6.45, 7) is 1.88. The summed E-state index contributed by atoms with van der Waals surface area (Å²) in [5.41, 5.74) is 6.52. The van der Waals surface area contributed by atoms with E-state index in [1.54, 1.807) is 12.1 Å². The maximum Gasteiger partial charge on any atom is 0.142 e. The molecule has 106 valence electrons.